The summed E-state index contributed by atoms with van der Waals surface area (Å²) in [7, 11) is 0. The van der Waals surface area contributed by atoms with Crippen molar-refractivity contribution in [1.29, 1.82) is 0 Å². The standard InChI is InChI=1S/C17H18FN3/c1-12-5-7-14(8-6-12)16-11-21(19)17(20-16)10-13-3-2-4-15(18)9-13/h2-9,16H,10-11,19H2,1H3. The molecule has 2 aromatic carbocycles. The van der Waals surface area contributed by atoms with Gasteiger partial charge in [0.05, 0.1) is 12.6 Å². The number of nitrogens with two attached hydrogens (primary N) is 1. The Morgan fingerprint density at radius 2 is 2.00 bits per heavy atom. The van der Waals surface area contributed by atoms with Crippen LogP contribution in [0.4, 0.5) is 4.39 Å². The molecule has 1 unspecified atom stereocenters. The third kappa shape index (κ3) is 3.11. The molecule has 0 saturated carbocycles. The second-order valence-corrected chi connectivity index (χ2v) is 5.43. The van der Waals surface area contributed by atoms with E-state index in [2.05, 4.69) is 36.2 Å². The molecule has 0 fully saturated rings. The van der Waals surface area contributed by atoms with Crippen LogP contribution >= 0.6 is 0 Å². The topological polar surface area (TPSA) is 41.6 Å². The van der Waals surface area contributed by atoms with Crippen LogP contribution in [0.15, 0.2) is 53.5 Å². The molecule has 2 aromatic rings. The molecule has 2 N–H and O–H groups in total. The van der Waals surface area contributed by atoms with E-state index in [9.17, 15) is 4.39 Å². The third-order valence-electron chi connectivity index (χ3n) is 3.72. The predicted molar refractivity (Wildman–Crippen MR) is 82.4 cm³/mol. The fraction of sp³-hybridized carbons (Fsp3) is 0.235. The monoisotopic (exact) mass is 283 g/mol. The van der Waals surface area contributed by atoms with E-state index in [1.54, 1.807) is 11.1 Å². The van der Waals surface area contributed by atoms with E-state index in [0.29, 0.717) is 13.0 Å². The number of aryl methyl sites for hydroxylation is 1. The molecule has 0 amide bonds. The molecule has 4 heteroatoms. The van der Waals surface area contributed by atoms with Crippen molar-refractivity contribution in [3.8, 4) is 0 Å². The Morgan fingerprint density at radius 3 is 2.71 bits per heavy atom. The largest absolute Gasteiger partial charge is 0.296 e. The summed E-state index contributed by atoms with van der Waals surface area (Å²) in [5.41, 5.74) is 3.27. The Labute approximate surface area is 123 Å². The Balaban J connectivity index is 1.79. The molecule has 21 heavy (non-hydrogen) atoms. The summed E-state index contributed by atoms with van der Waals surface area (Å²) in [5.74, 6) is 6.60. The van der Waals surface area contributed by atoms with E-state index in [1.807, 2.05) is 6.07 Å². The highest BCUT2D eigenvalue weighted by molar-refractivity contribution is 5.85. The van der Waals surface area contributed by atoms with Gasteiger partial charge in [-0.25, -0.2) is 10.2 Å². The predicted octanol–water partition coefficient (Wildman–Crippen LogP) is 3.01. The van der Waals surface area contributed by atoms with Crippen LogP contribution in [0.5, 0.6) is 0 Å². The second-order valence-electron chi connectivity index (χ2n) is 5.43. The SMILES string of the molecule is Cc1ccc(C2CN(N)C(Cc3cccc(F)c3)=N2)cc1. The molecule has 0 saturated heterocycles. The smallest absolute Gasteiger partial charge is 0.123 e. The van der Waals surface area contributed by atoms with Crippen molar-refractivity contribution in [1.82, 2.24) is 5.01 Å². The van der Waals surface area contributed by atoms with Crippen LogP contribution in [0.25, 0.3) is 0 Å². The highest BCUT2D eigenvalue weighted by Crippen LogP contribution is 2.24. The number of hydrazine groups is 1. The molecule has 1 atom stereocenters. The van der Waals surface area contributed by atoms with E-state index in [0.717, 1.165) is 17.0 Å². The fourth-order valence-electron chi connectivity index (χ4n) is 2.53. The summed E-state index contributed by atoms with van der Waals surface area (Å²) in [6, 6.07) is 14.9. The van der Waals surface area contributed by atoms with Crippen molar-refractivity contribution in [2.24, 2.45) is 10.8 Å². The van der Waals surface area contributed by atoms with Crippen LogP contribution in [-0.2, 0) is 6.42 Å². The van der Waals surface area contributed by atoms with E-state index >= 15 is 0 Å². The summed E-state index contributed by atoms with van der Waals surface area (Å²) in [4.78, 5) is 4.69. The Hall–Kier alpha value is -2.20. The van der Waals surface area contributed by atoms with E-state index in [-0.39, 0.29) is 11.9 Å². The normalized spacial score (nSPS) is 18.0. The Morgan fingerprint density at radius 1 is 1.24 bits per heavy atom. The number of halogens is 1. The number of rotatable bonds is 3. The van der Waals surface area contributed by atoms with Gasteiger partial charge in [0.15, 0.2) is 0 Å². The molecule has 1 aliphatic heterocycles. The highest BCUT2D eigenvalue weighted by Gasteiger charge is 2.24. The lowest BCUT2D eigenvalue weighted by atomic mass is 10.1. The maximum atomic E-state index is 13.2. The number of amidine groups is 1. The average molecular weight is 283 g/mol. The van der Waals surface area contributed by atoms with Crippen molar-refractivity contribution in [2.75, 3.05) is 6.54 Å². The van der Waals surface area contributed by atoms with Gasteiger partial charge in [-0.1, -0.05) is 42.0 Å². The van der Waals surface area contributed by atoms with Crippen LogP contribution in [0.3, 0.4) is 0 Å². The maximum absolute atomic E-state index is 13.2. The van der Waals surface area contributed by atoms with Gasteiger partial charge in [-0.2, -0.15) is 0 Å². The molecule has 0 radical (unpaired) electrons. The minimum atomic E-state index is -0.232. The van der Waals surface area contributed by atoms with E-state index in [4.69, 9.17) is 5.84 Å². The van der Waals surface area contributed by atoms with Gasteiger partial charge in [-0.05, 0) is 30.2 Å². The number of benzene rings is 2. The molecule has 1 aliphatic rings. The lowest BCUT2D eigenvalue weighted by Crippen LogP contribution is -2.35. The quantitative estimate of drug-likeness (QED) is 0.880. The van der Waals surface area contributed by atoms with Gasteiger partial charge in [-0.3, -0.25) is 10.0 Å². The number of hydrogen-bond acceptors (Lipinski definition) is 3. The minimum absolute atomic E-state index is 0.0548. The molecular formula is C17H18FN3. The van der Waals surface area contributed by atoms with Crippen molar-refractivity contribution >= 4 is 5.84 Å². The van der Waals surface area contributed by atoms with Crippen molar-refractivity contribution < 1.29 is 4.39 Å². The zero-order valence-electron chi connectivity index (χ0n) is 12.0. The Bertz CT molecular complexity index is 664. The molecule has 3 rings (SSSR count). The van der Waals surface area contributed by atoms with Crippen LogP contribution in [0, 0.1) is 12.7 Å². The molecule has 0 spiro atoms. The molecule has 0 aliphatic carbocycles. The van der Waals surface area contributed by atoms with Crippen LogP contribution < -0.4 is 5.84 Å². The van der Waals surface area contributed by atoms with Gasteiger partial charge in [0.2, 0.25) is 0 Å². The maximum Gasteiger partial charge on any atom is 0.123 e. The fourth-order valence-corrected chi connectivity index (χ4v) is 2.53. The summed E-state index contributed by atoms with van der Waals surface area (Å²) in [5, 5.41) is 1.66. The molecule has 1 heterocycles. The first kappa shape index (κ1) is 13.8. The summed E-state index contributed by atoms with van der Waals surface area (Å²) in [6.07, 6.45) is 0.552. The first-order valence-electron chi connectivity index (χ1n) is 7.02. The summed E-state index contributed by atoms with van der Waals surface area (Å²) >= 11 is 0. The van der Waals surface area contributed by atoms with Gasteiger partial charge >= 0.3 is 0 Å². The second kappa shape index (κ2) is 5.66. The highest BCUT2D eigenvalue weighted by atomic mass is 19.1. The molecule has 0 aromatic heterocycles. The molecule has 3 nitrogen and oxygen atoms in total. The molecular weight excluding hydrogens is 265 g/mol. The lowest BCUT2D eigenvalue weighted by molar-refractivity contribution is 0.443. The van der Waals surface area contributed by atoms with Crippen molar-refractivity contribution in [2.45, 2.75) is 19.4 Å². The van der Waals surface area contributed by atoms with Crippen LogP contribution in [0.1, 0.15) is 22.7 Å². The molecule has 108 valence electrons. The van der Waals surface area contributed by atoms with Crippen molar-refractivity contribution in [3.63, 3.8) is 0 Å². The zero-order valence-corrected chi connectivity index (χ0v) is 12.0. The van der Waals surface area contributed by atoms with Crippen LogP contribution in [-0.4, -0.2) is 17.4 Å². The van der Waals surface area contributed by atoms with Gasteiger partial charge in [0, 0.05) is 6.42 Å². The lowest BCUT2D eigenvalue weighted by Gasteiger charge is -2.14. The van der Waals surface area contributed by atoms with Gasteiger partial charge in [-0.15, -0.1) is 0 Å². The van der Waals surface area contributed by atoms with Gasteiger partial charge in [0.1, 0.15) is 11.7 Å². The first-order chi connectivity index (χ1) is 10.1. The number of nitrogens with zero attached hydrogens (tertiary/aromatic N) is 2. The number of aliphatic imine (C=N–C) groups is 1. The van der Waals surface area contributed by atoms with E-state index in [1.165, 1.54) is 17.7 Å². The molecule has 0 bridgehead atoms. The Kier molecular flexibility index (Phi) is 3.71. The first-order valence-corrected chi connectivity index (χ1v) is 7.02. The van der Waals surface area contributed by atoms with Crippen molar-refractivity contribution in [3.05, 3.63) is 71.0 Å². The van der Waals surface area contributed by atoms with Gasteiger partial charge in [0.25, 0.3) is 0 Å². The van der Waals surface area contributed by atoms with E-state index < -0.39 is 0 Å². The number of hydrogen-bond donors (Lipinski definition) is 1. The van der Waals surface area contributed by atoms with Crippen LogP contribution in [0.2, 0.25) is 0 Å². The van der Waals surface area contributed by atoms with Gasteiger partial charge < -0.3 is 0 Å². The summed E-state index contributed by atoms with van der Waals surface area (Å²) in [6.45, 7) is 2.72. The summed E-state index contributed by atoms with van der Waals surface area (Å²) < 4.78 is 13.2. The zero-order chi connectivity index (χ0) is 14.8. The minimum Gasteiger partial charge on any atom is -0.296 e. The average Bonchev–Trinajstić information content (AvgIpc) is 2.81. The third-order valence-corrected chi connectivity index (χ3v) is 3.72.